The predicted octanol–water partition coefficient (Wildman–Crippen LogP) is 6.27. The number of rotatable bonds is 6. The van der Waals surface area contributed by atoms with Crippen molar-refractivity contribution in [1.82, 2.24) is 19.7 Å². The van der Waals surface area contributed by atoms with Crippen LogP contribution < -0.4 is 20.1 Å². The first-order valence-corrected chi connectivity index (χ1v) is 13.9. The van der Waals surface area contributed by atoms with Crippen molar-refractivity contribution < 1.29 is 14.3 Å². The predicted molar refractivity (Wildman–Crippen MR) is 158 cm³/mol. The molecule has 1 aliphatic heterocycles. The molecule has 0 spiro atoms. The number of ether oxygens (including phenoxy) is 2. The summed E-state index contributed by atoms with van der Waals surface area (Å²) in [5.74, 6) is 1.49. The Morgan fingerprint density at radius 1 is 1.07 bits per heavy atom. The molecule has 2 aromatic heterocycles. The van der Waals surface area contributed by atoms with Crippen molar-refractivity contribution in [2.24, 2.45) is 7.05 Å². The molecule has 0 bridgehead atoms. The lowest BCUT2D eigenvalue weighted by molar-refractivity contribution is 0.0966. The van der Waals surface area contributed by atoms with Gasteiger partial charge in [0.2, 0.25) is 0 Å². The number of methoxy groups -OCH3 is 2. The lowest BCUT2D eigenvalue weighted by atomic mass is 9.82. The van der Waals surface area contributed by atoms with Crippen molar-refractivity contribution in [1.29, 1.82) is 0 Å². The second-order valence-corrected chi connectivity index (χ2v) is 10.8. The Kier molecular flexibility index (Phi) is 5.56. The summed E-state index contributed by atoms with van der Waals surface area (Å²) in [7, 11) is 5.28. The van der Waals surface area contributed by atoms with Gasteiger partial charge in [0.15, 0.2) is 0 Å². The molecule has 1 aliphatic carbocycles. The SMILES string of the molecule is CCC(C)n1c2ccc(Nc3cc(OC)ccc3OC)cc2c2c3c(c4c(c21)CCc1nn(C)cc1-4)C(=O)NC3. The third-order valence-corrected chi connectivity index (χ3v) is 8.60. The molecule has 7 rings (SSSR count). The number of nitrogens with one attached hydrogen (secondary N) is 2. The average Bonchev–Trinajstić information content (AvgIpc) is 3.64. The van der Waals surface area contributed by atoms with Crippen LogP contribution in [0.5, 0.6) is 11.5 Å². The summed E-state index contributed by atoms with van der Waals surface area (Å²) in [4.78, 5) is 13.4. The fourth-order valence-electron chi connectivity index (χ4n) is 6.64. The largest absolute Gasteiger partial charge is 0.497 e. The van der Waals surface area contributed by atoms with Gasteiger partial charge in [0.1, 0.15) is 11.5 Å². The highest BCUT2D eigenvalue weighted by Crippen LogP contribution is 2.48. The third kappa shape index (κ3) is 3.44. The number of aryl methyl sites for hydroxylation is 3. The second-order valence-electron chi connectivity index (χ2n) is 10.8. The van der Waals surface area contributed by atoms with Crippen molar-refractivity contribution in [3.05, 3.63) is 65.0 Å². The number of nitrogens with zero attached hydrogens (tertiary/aromatic N) is 3. The number of fused-ring (bicyclic) bond motifs is 10. The maximum absolute atomic E-state index is 13.4. The number of benzene rings is 3. The van der Waals surface area contributed by atoms with E-state index in [1.807, 2.05) is 29.9 Å². The van der Waals surface area contributed by atoms with Crippen LogP contribution in [0.15, 0.2) is 42.6 Å². The van der Waals surface area contributed by atoms with Crippen LogP contribution in [-0.4, -0.2) is 34.5 Å². The van der Waals surface area contributed by atoms with E-state index >= 15 is 0 Å². The highest BCUT2D eigenvalue weighted by Gasteiger charge is 2.35. The highest BCUT2D eigenvalue weighted by molar-refractivity contribution is 6.20. The highest BCUT2D eigenvalue weighted by atomic mass is 16.5. The zero-order valence-corrected chi connectivity index (χ0v) is 23.5. The molecule has 204 valence electrons. The van der Waals surface area contributed by atoms with Crippen molar-refractivity contribution in [3.63, 3.8) is 0 Å². The minimum atomic E-state index is 0.00434. The molecule has 0 saturated carbocycles. The molecule has 3 aromatic carbocycles. The average molecular weight is 536 g/mol. The Labute approximate surface area is 232 Å². The van der Waals surface area contributed by atoms with Crippen molar-refractivity contribution >= 4 is 39.1 Å². The van der Waals surface area contributed by atoms with Crippen LogP contribution >= 0.6 is 0 Å². The van der Waals surface area contributed by atoms with Crippen molar-refractivity contribution in [2.45, 2.75) is 45.7 Å². The van der Waals surface area contributed by atoms with E-state index in [2.05, 4.69) is 53.4 Å². The van der Waals surface area contributed by atoms with Crippen molar-refractivity contribution in [3.8, 4) is 22.6 Å². The summed E-state index contributed by atoms with van der Waals surface area (Å²) in [6.45, 7) is 5.04. The molecular weight excluding hydrogens is 502 g/mol. The topological polar surface area (TPSA) is 82.3 Å². The van der Waals surface area contributed by atoms with Gasteiger partial charge in [0, 0.05) is 65.0 Å². The fraction of sp³-hybridized carbons (Fsp3) is 0.312. The minimum absolute atomic E-state index is 0.00434. The number of carbonyl (C=O) groups excluding carboxylic acids is 1. The summed E-state index contributed by atoms with van der Waals surface area (Å²) >= 11 is 0. The quantitative estimate of drug-likeness (QED) is 0.268. The summed E-state index contributed by atoms with van der Waals surface area (Å²) in [5, 5.41) is 13.7. The van der Waals surface area contributed by atoms with Gasteiger partial charge >= 0.3 is 0 Å². The molecule has 1 atom stereocenters. The zero-order chi connectivity index (χ0) is 27.7. The molecule has 0 fully saturated rings. The van der Waals surface area contributed by atoms with Gasteiger partial charge in [-0.1, -0.05) is 6.92 Å². The Bertz CT molecular complexity index is 1850. The Hall–Kier alpha value is -4.46. The molecule has 1 amide bonds. The van der Waals surface area contributed by atoms with Crippen LogP contribution in [0.25, 0.3) is 32.9 Å². The maximum atomic E-state index is 13.4. The molecule has 8 nitrogen and oxygen atoms in total. The first kappa shape index (κ1) is 24.6. The van der Waals surface area contributed by atoms with Gasteiger partial charge in [-0.25, -0.2) is 0 Å². The van der Waals surface area contributed by atoms with Gasteiger partial charge in [-0.3, -0.25) is 9.48 Å². The lowest BCUT2D eigenvalue weighted by Gasteiger charge is -2.23. The number of amides is 1. The van der Waals surface area contributed by atoms with Gasteiger partial charge < -0.3 is 24.7 Å². The molecule has 1 unspecified atom stereocenters. The van der Waals surface area contributed by atoms with E-state index in [0.29, 0.717) is 12.6 Å². The van der Waals surface area contributed by atoms with Crippen LogP contribution in [0.1, 0.15) is 53.5 Å². The molecule has 0 radical (unpaired) electrons. The van der Waals surface area contributed by atoms with E-state index in [-0.39, 0.29) is 5.91 Å². The van der Waals surface area contributed by atoms with Crippen LogP contribution in [0.2, 0.25) is 0 Å². The van der Waals surface area contributed by atoms with E-state index in [1.165, 1.54) is 22.0 Å². The fourth-order valence-corrected chi connectivity index (χ4v) is 6.64. The minimum Gasteiger partial charge on any atom is -0.497 e. The second kappa shape index (κ2) is 9.05. The number of anilines is 2. The molecule has 5 aromatic rings. The molecule has 2 N–H and O–H groups in total. The number of aromatic nitrogens is 3. The summed E-state index contributed by atoms with van der Waals surface area (Å²) in [6, 6.07) is 12.6. The van der Waals surface area contributed by atoms with Crippen LogP contribution in [-0.2, 0) is 26.4 Å². The van der Waals surface area contributed by atoms with E-state index in [4.69, 9.17) is 14.6 Å². The zero-order valence-electron chi connectivity index (χ0n) is 23.5. The standard InChI is InChI=1S/C32H33N5O3/c1-6-17(2)37-26-11-7-18(34-25-14-19(39-4)8-12-27(25)40-5)13-21(26)29-22-15-33-32(38)30(22)28-20(31(29)37)9-10-24-23(28)16-36(3)35-24/h7-8,11-14,16-17,34H,6,9-10,15H2,1-5H3,(H,33,38). The number of hydrogen-bond acceptors (Lipinski definition) is 5. The lowest BCUT2D eigenvalue weighted by Crippen LogP contribution is -2.15. The van der Waals surface area contributed by atoms with Gasteiger partial charge in [-0.05, 0) is 67.6 Å². The monoisotopic (exact) mass is 535 g/mol. The van der Waals surface area contributed by atoms with Crippen LogP contribution in [0.3, 0.4) is 0 Å². The van der Waals surface area contributed by atoms with Gasteiger partial charge in [-0.15, -0.1) is 0 Å². The Morgan fingerprint density at radius 3 is 2.70 bits per heavy atom. The van der Waals surface area contributed by atoms with E-state index in [9.17, 15) is 4.79 Å². The molecule has 2 aliphatic rings. The summed E-state index contributed by atoms with van der Waals surface area (Å²) in [5.41, 5.74) is 10.6. The summed E-state index contributed by atoms with van der Waals surface area (Å²) in [6.07, 6.45) is 4.80. The van der Waals surface area contributed by atoms with Gasteiger partial charge in [0.25, 0.3) is 5.91 Å². The molecule has 40 heavy (non-hydrogen) atoms. The Balaban J connectivity index is 1.53. The first-order valence-electron chi connectivity index (χ1n) is 13.9. The van der Waals surface area contributed by atoms with Crippen LogP contribution in [0, 0.1) is 0 Å². The Morgan fingerprint density at radius 2 is 1.93 bits per heavy atom. The number of carbonyl (C=O) groups is 1. The van der Waals surface area contributed by atoms with Crippen molar-refractivity contribution in [2.75, 3.05) is 19.5 Å². The van der Waals surface area contributed by atoms with E-state index in [0.717, 1.165) is 75.5 Å². The van der Waals surface area contributed by atoms with E-state index in [1.54, 1.807) is 14.2 Å². The van der Waals surface area contributed by atoms with E-state index < -0.39 is 0 Å². The van der Waals surface area contributed by atoms with Gasteiger partial charge in [0.05, 0.1) is 36.7 Å². The maximum Gasteiger partial charge on any atom is 0.252 e. The van der Waals surface area contributed by atoms with Crippen LogP contribution in [0.4, 0.5) is 11.4 Å². The molecule has 3 heterocycles. The third-order valence-electron chi connectivity index (χ3n) is 8.60. The first-order chi connectivity index (χ1) is 19.4. The molecule has 0 saturated heterocycles. The number of hydrogen-bond donors (Lipinski definition) is 2. The normalized spacial score (nSPS) is 14.6. The van der Waals surface area contributed by atoms with Gasteiger partial charge in [-0.2, -0.15) is 5.10 Å². The molecule has 8 heteroatoms. The smallest absolute Gasteiger partial charge is 0.252 e. The summed E-state index contributed by atoms with van der Waals surface area (Å²) < 4.78 is 15.5. The molecular formula is C32H33N5O3.